The Morgan fingerprint density at radius 3 is 2.65 bits per heavy atom. The highest BCUT2D eigenvalue weighted by Gasteiger charge is 2.23. The smallest absolute Gasteiger partial charge is 0.0630 e. The number of nitrogens with zero attached hydrogens (tertiary/aromatic N) is 2. The Bertz CT molecular complexity index is 402. The van der Waals surface area contributed by atoms with Gasteiger partial charge in [0.15, 0.2) is 0 Å². The van der Waals surface area contributed by atoms with Crippen molar-refractivity contribution in [1.29, 1.82) is 0 Å². The molecular weight excluding hydrogens is 274 g/mol. The van der Waals surface area contributed by atoms with Gasteiger partial charge in [0, 0.05) is 56.6 Å². The molecule has 1 N–H and O–H groups in total. The van der Waals surface area contributed by atoms with Crippen molar-refractivity contribution in [3.63, 3.8) is 0 Å². The molecule has 1 fully saturated rings. The number of rotatable bonds is 6. The molecule has 1 aromatic rings. The lowest BCUT2D eigenvalue weighted by molar-refractivity contribution is 0.0862. The van der Waals surface area contributed by atoms with Crippen molar-refractivity contribution < 1.29 is 4.74 Å². The lowest BCUT2D eigenvalue weighted by atomic mass is 10.2. The number of halogens is 1. The molecule has 2 rings (SSSR count). The summed E-state index contributed by atoms with van der Waals surface area (Å²) in [7, 11) is 3.76. The van der Waals surface area contributed by atoms with Gasteiger partial charge in [0.25, 0.3) is 0 Å². The van der Waals surface area contributed by atoms with Crippen molar-refractivity contribution in [2.45, 2.75) is 6.04 Å². The standard InChI is InChI=1S/C15H24ClN3O/c1-17-11-15(12-20-2)19-8-6-18(7-9-19)14-5-3-4-13(16)10-14/h3-5,10,15,17H,6-9,11-12H2,1-2H3. The van der Waals surface area contributed by atoms with E-state index in [1.807, 2.05) is 25.2 Å². The van der Waals surface area contributed by atoms with E-state index in [1.165, 1.54) is 5.69 Å². The molecule has 0 amide bonds. The summed E-state index contributed by atoms with van der Waals surface area (Å²) in [6.07, 6.45) is 0. The van der Waals surface area contributed by atoms with Gasteiger partial charge in [-0.2, -0.15) is 0 Å². The molecule has 0 bridgehead atoms. The minimum Gasteiger partial charge on any atom is -0.383 e. The molecule has 1 atom stereocenters. The van der Waals surface area contributed by atoms with Crippen LogP contribution >= 0.6 is 11.6 Å². The van der Waals surface area contributed by atoms with E-state index < -0.39 is 0 Å². The fourth-order valence-electron chi connectivity index (χ4n) is 2.74. The second kappa shape index (κ2) is 7.84. The molecular formula is C15H24ClN3O. The number of piperazine rings is 1. The first-order valence-electron chi connectivity index (χ1n) is 7.12. The Morgan fingerprint density at radius 1 is 1.30 bits per heavy atom. The highest BCUT2D eigenvalue weighted by atomic mass is 35.5. The van der Waals surface area contributed by atoms with Gasteiger partial charge in [0.2, 0.25) is 0 Å². The largest absolute Gasteiger partial charge is 0.383 e. The van der Waals surface area contributed by atoms with E-state index in [0.717, 1.165) is 44.4 Å². The molecule has 0 aliphatic carbocycles. The molecule has 0 radical (unpaired) electrons. The van der Waals surface area contributed by atoms with Crippen LogP contribution in [0.25, 0.3) is 0 Å². The number of methoxy groups -OCH3 is 1. The van der Waals surface area contributed by atoms with Crippen LogP contribution < -0.4 is 10.2 Å². The van der Waals surface area contributed by atoms with E-state index in [9.17, 15) is 0 Å². The molecule has 1 heterocycles. The van der Waals surface area contributed by atoms with Gasteiger partial charge in [-0.1, -0.05) is 17.7 Å². The predicted molar refractivity (Wildman–Crippen MR) is 84.8 cm³/mol. The summed E-state index contributed by atoms with van der Waals surface area (Å²) < 4.78 is 5.32. The average Bonchev–Trinajstić information content (AvgIpc) is 2.47. The summed E-state index contributed by atoms with van der Waals surface area (Å²) in [6, 6.07) is 8.55. The SMILES string of the molecule is CNCC(COC)N1CCN(c2cccc(Cl)c2)CC1. The van der Waals surface area contributed by atoms with Crippen molar-refractivity contribution >= 4 is 17.3 Å². The Kier molecular flexibility index (Phi) is 6.10. The van der Waals surface area contributed by atoms with Gasteiger partial charge >= 0.3 is 0 Å². The van der Waals surface area contributed by atoms with Gasteiger partial charge in [0.05, 0.1) is 6.61 Å². The quantitative estimate of drug-likeness (QED) is 0.865. The number of nitrogens with one attached hydrogen (secondary N) is 1. The van der Waals surface area contributed by atoms with Gasteiger partial charge in [-0.25, -0.2) is 0 Å². The topological polar surface area (TPSA) is 27.7 Å². The third-order valence-electron chi connectivity index (χ3n) is 3.80. The van der Waals surface area contributed by atoms with Crippen molar-refractivity contribution in [3.8, 4) is 0 Å². The first-order chi connectivity index (χ1) is 9.74. The first kappa shape index (κ1) is 15.6. The highest BCUT2D eigenvalue weighted by Crippen LogP contribution is 2.21. The summed E-state index contributed by atoms with van der Waals surface area (Å²) >= 11 is 6.06. The molecule has 1 aromatic carbocycles. The van der Waals surface area contributed by atoms with Crippen LogP contribution in [0.1, 0.15) is 0 Å². The monoisotopic (exact) mass is 297 g/mol. The van der Waals surface area contributed by atoms with Crippen LogP contribution in [0.5, 0.6) is 0 Å². The molecule has 0 saturated carbocycles. The summed E-state index contributed by atoms with van der Waals surface area (Å²) in [6.45, 7) is 5.92. The van der Waals surface area contributed by atoms with Crippen LogP contribution in [0.4, 0.5) is 5.69 Å². The minimum atomic E-state index is 0.450. The number of ether oxygens (including phenoxy) is 1. The average molecular weight is 298 g/mol. The van der Waals surface area contributed by atoms with E-state index in [2.05, 4.69) is 21.2 Å². The number of hydrogen-bond donors (Lipinski definition) is 1. The van der Waals surface area contributed by atoms with E-state index in [-0.39, 0.29) is 0 Å². The number of hydrogen-bond acceptors (Lipinski definition) is 4. The number of likely N-dealkylation sites (N-methyl/N-ethyl adjacent to an activating group) is 1. The molecule has 1 unspecified atom stereocenters. The molecule has 112 valence electrons. The maximum absolute atomic E-state index is 6.06. The fraction of sp³-hybridized carbons (Fsp3) is 0.600. The minimum absolute atomic E-state index is 0.450. The van der Waals surface area contributed by atoms with Crippen LogP contribution in [0, 0.1) is 0 Å². The van der Waals surface area contributed by atoms with Gasteiger partial charge in [-0.3, -0.25) is 4.90 Å². The molecule has 4 nitrogen and oxygen atoms in total. The Balaban J connectivity index is 1.91. The van der Waals surface area contributed by atoms with Crippen LogP contribution in [0.15, 0.2) is 24.3 Å². The Morgan fingerprint density at radius 2 is 2.05 bits per heavy atom. The van der Waals surface area contributed by atoms with Gasteiger partial charge < -0.3 is 15.0 Å². The molecule has 1 aliphatic rings. The van der Waals surface area contributed by atoms with Gasteiger partial charge in [-0.15, -0.1) is 0 Å². The molecule has 1 aliphatic heterocycles. The fourth-order valence-corrected chi connectivity index (χ4v) is 2.92. The van der Waals surface area contributed by atoms with E-state index in [1.54, 1.807) is 7.11 Å². The summed E-state index contributed by atoms with van der Waals surface area (Å²) in [4.78, 5) is 4.90. The Labute approximate surface area is 126 Å². The van der Waals surface area contributed by atoms with Crippen LogP contribution in [-0.2, 0) is 4.74 Å². The van der Waals surface area contributed by atoms with Crippen molar-refractivity contribution in [2.24, 2.45) is 0 Å². The van der Waals surface area contributed by atoms with E-state index in [4.69, 9.17) is 16.3 Å². The molecule has 0 aromatic heterocycles. The summed E-state index contributed by atoms with van der Waals surface area (Å²) in [5, 5.41) is 4.05. The molecule has 20 heavy (non-hydrogen) atoms. The first-order valence-corrected chi connectivity index (χ1v) is 7.50. The summed E-state index contributed by atoms with van der Waals surface area (Å²) in [5.41, 5.74) is 1.22. The number of anilines is 1. The predicted octanol–water partition coefficient (Wildman–Crippen LogP) is 1.70. The van der Waals surface area contributed by atoms with Gasteiger partial charge in [-0.05, 0) is 25.2 Å². The number of benzene rings is 1. The Hall–Kier alpha value is -0.810. The second-order valence-corrected chi connectivity index (χ2v) is 5.61. The van der Waals surface area contributed by atoms with Crippen LogP contribution in [0.3, 0.4) is 0 Å². The maximum Gasteiger partial charge on any atom is 0.0630 e. The van der Waals surface area contributed by atoms with Crippen molar-refractivity contribution in [2.75, 3.05) is 58.4 Å². The third-order valence-corrected chi connectivity index (χ3v) is 4.04. The van der Waals surface area contributed by atoms with Crippen LogP contribution in [0.2, 0.25) is 5.02 Å². The van der Waals surface area contributed by atoms with E-state index in [0.29, 0.717) is 6.04 Å². The molecule has 1 saturated heterocycles. The van der Waals surface area contributed by atoms with Crippen molar-refractivity contribution in [3.05, 3.63) is 29.3 Å². The lowest BCUT2D eigenvalue weighted by Gasteiger charge is -2.40. The normalized spacial score (nSPS) is 18.2. The van der Waals surface area contributed by atoms with Gasteiger partial charge in [0.1, 0.15) is 0 Å². The highest BCUT2D eigenvalue weighted by molar-refractivity contribution is 6.30. The lowest BCUT2D eigenvalue weighted by Crippen LogP contribution is -2.54. The van der Waals surface area contributed by atoms with E-state index >= 15 is 0 Å². The van der Waals surface area contributed by atoms with Crippen molar-refractivity contribution in [1.82, 2.24) is 10.2 Å². The zero-order valence-corrected chi connectivity index (χ0v) is 13.1. The second-order valence-electron chi connectivity index (χ2n) is 5.17. The zero-order chi connectivity index (χ0) is 14.4. The van der Waals surface area contributed by atoms with Crippen LogP contribution in [-0.4, -0.2) is 64.4 Å². The molecule has 5 heteroatoms. The zero-order valence-electron chi connectivity index (χ0n) is 12.3. The maximum atomic E-state index is 6.06. The third kappa shape index (κ3) is 4.09. The molecule has 0 spiro atoms. The summed E-state index contributed by atoms with van der Waals surface area (Å²) in [5.74, 6) is 0.